The van der Waals surface area contributed by atoms with Crippen LogP contribution in [0, 0.1) is 19.7 Å². The molecular formula is C20H16FN3OS. The summed E-state index contributed by atoms with van der Waals surface area (Å²) in [6, 6.07) is 16.2. The molecule has 0 fully saturated rings. The van der Waals surface area contributed by atoms with Gasteiger partial charge in [0.05, 0.1) is 21.9 Å². The van der Waals surface area contributed by atoms with E-state index in [0.29, 0.717) is 4.88 Å². The number of carbonyl (C=O) groups excluding carboxylic acids is 1. The molecule has 4 aromatic rings. The predicted octanol–water partition coefficient (Wildman–Crippen LogP) is 5.10. The Hall–Kier alpha value is -2.99. The first-order valence-electron chi connectivity index (χ1n) is 8.15. The molecule has 6 heteroatoms. The van der Waals surface area contributed by atoms with Gasteiger partial charge in [0.1, 0.15) is 10.6 Å². The maximum atomic E-state index is 13.9. The quantitative estimate of drug-likeness (QED) is 0.549. The average Bonchev–Trinajstić information content (AvgIpc) is 3.20. The summed E-state index contributed by atoms with van der Waals surface area (Å²) in [4.78, 5) is 14.0. The van der Waals surface area contributed by atoms with Gasteiger partial charge in [0.15, 0.2) is 0 Å². The highest BCUT2D eigenvalue weighted by Gasteiger charge is 2.18. The minimum absolute atomic E-state index is 0.189. The van der Waals surface area contributed by atoms with Crippen LogP contribution in [0.25, 0.3) is 15.9 Å². The van der Waals surface area contributed by atoms with Crippen LogP contribution in [0.2, 0.25) is 0 Å². The monoisotopic (exact) mass is 365 g/mol. The number of anilines is 1. The van der Waals surface area contributed by atoms with Crippen molar-refractivity contribution in [1.29, 1.82) is 0 Å². The smallest absolute Gasteiger partial charge is 0.265 e. The van der Waals surface area contributed by atoms with Crippen LogP contribution >= 0.6 is 11.3 Å². The Balaban J connectivity index is 1.71. The predicted molar refractivity (Wildman–Crippen MR) is 103 cm³/mol. The van der Waals surface area contributed by atoms with Crippen molar-refractivity contribution in [2.24, 2.45) is 0 Å². The zero-order valence-corrected chi connectivity index (χ0v) is 15.1. The number of thiophene rings is 1. The molecule has 0 spiro atoms. The molecule has 2 aromatic carbocycles. The van der Waals surface area contributed by atoms with Crippen molar-refractivity contribution >= 4 is 33.1 Å². The molecule has 0 aliphatic rings. The molecule has 0 bridgehead atoms. The number of para-hydroxylation sites is 1. The minimum Gasteiger partial charge on any atom is -0.319 e. The van der Waals surface area contributed by atoms with Gasteiger partial charge in [-0.1, -0.05) is 24.3 Å². The average molecular weight is 365 g/mol. The number of rotatable bonds is 3. The largest absolute Gasteiger partial charge is 0.319 e. The zero-order valence-electron chi connectivity index (χ0n) is 14.3. The number of carbonyl (C=O) groups is 1. The van der Waals surface area contributed by atoms with E-state index in [1.807, 2.05) is 54.9 Å². The highest BCUT2D eigenvalue weighted by molar-refractivity contribution is 7.20. The molecular weight excluding hydrogens is 349 g/mol. The van der Waals surface area contributed by atoms with Crippen LogP contribution in [0.1, 0.15) is 20.9 Å². The summed E-state index contributed by atoms with van der Waals surface area (Å²) in [5.74, 6) is -0.772. The summed E-state index contributed by atoms with van der Waals surface area (Å²) >= 11 is 1.34. The molecule has 2 aromatic heterocycles. The summed E-state index contributed by atoms with van der Waals surface area (Å²) in [5, 5.41) is 8.15. The van der Waals surface area contributed by atoms with Gasteiger partial charge in [-0.3, -0.25) is 4.79 Å². The van der Waals surface area contributed by atoms with Crippen LogP contribution in [-0.2, 0) is 0 Å². The van der Waals surface area contributed by atoms with Gasteiger partial charge in [0.25, 0.3) is 5.91 Å². The fraction of sp³-hybridized carbons (Fsp3) is 0.100. The second-order valence-corrected chi connectivity index (χ2v) is 7.13. The molecule has 1 amide bonds. The van der Waals surface area contributed by atoms with Crippen molar-refractivity contribution in [3.05, 3.63) is 76.5 Å². The molecule has 0 unspecified atom stereocenters. The first-order chi connectivity index (χ1) is 12.5. The standard InChI is InChI=1S/C20H16FN3OS/c1-12-8-9-16(21)17(10-12)22-19(25)18-11-15-13(2)23-24(20(15)26-18)14-6-4-3-5-7-14/h3-11H,1-2H3,(H,22,25). The Morgan fingerprint density at radius 2 is 1.88 bits per heavy atom. The molecule has 0 aliphatic heterocycles. The summed E-state index contributed by atoms with van der Waals surface area (Å²) in [5.41, 5.74) is 2.85. The summed E-state index contributed by atoms with van der Waals surface area (Å²) in [6.45, 7) is 3.77. The lowest BCUT2D eigenvalue weighted by Gasteiger charge is -2.06. The summed E-state index contributed by atoms with van der Waals surface area (Å²) in [6.07, 6.45) is 0. The van der Waals surface area contributed by atoms with Gasteiger partial charge in [-0.05, 0) is 49.7 Å². The van der Waals surface area contributed by atoms with Gasteiger partial charge in [-0.15, -0.1) is 11.3 Å². The number of aromatic nitrogens is 2. The highest BCUT2D eigenvalue weighted by atomic mass is 32.1. The van der Waals surface area contributed by atoms with E-state index in [2.05, 4.69) is 10.4 Å². The second kappa shape index (κ2) is 6.38. The molecule has 0 saturated carbocycles. The van der Waals surface area contributed by atoms with Crippen LogP contribution in [0.4, 0.5) is 10.1 Å². The first-order valence-corrected chi connectivity index (χ1v) is 8.96. The van der Waals surface area contributed by atoms with Crippen molar-refractivity contribution < 1.29 is 9.18 Å². The number of fused-ring (bicyclic) bond motifs is 1. The van der Waals surface area contributed by atoms with Crippen molar-refractivity contribution in [3.63, 3.8) is 0 Å². The number of amides is 1. The lowest BCUT2D eigenvalue weighted by Crippen LogP contribution is -2.11. The van der Waals surface area contributed by atoms with Gasteiger partial charge >= 0.3 is 0 Å². The van der Waals surface area contributed by atoms with E-state index in [9.17, 15) is 9.18 Å². The van der Waals surface area contributed by atoms with Crippen LogP contribution < -0.4 is 5.32 Å². The summed E-state index contributed by atoms with van der Waals surface area (Å²) < 4.78 is 15.7. The van der Waals surface area contributed by atoms with E-state index in [1.165, 1.54) is 17.4 Å². The SMILES string of the molecule is Cc1ccc(F)c(NC(=O)c2cc3c(C)nn(-c4ccccc4)c3s2)c1. The molecule has 130 valence electrons. The van der Waals surface area contributed by atoms with Crippen LogP contribution in [0.3, 0.4) is 0 Å². The van der Waals surface area contributed by atoms with Crippen LogP contribution in [0.5, 0.6) is 0 Å². The maximum absolute atomic E-state index is 13.9. The molecule has 4 nitrogen and oxygen atoms in total. The Morgan fingerprint density at radius 1 is 1.12 bits per heavy atom. The number of nitrogens with zero attached hydrogens (tertiary/aromatic N) is 2. The minimum atomic E-state index is -0.447. The van der Waals surface area contributed by atoms with E-state index in [4.69, 9.17) is 0 Å². The topological polar surface area (TPSA) is 46.9 Å². The Kier molecular flexibility index (Phi) is 4.05. The normalized spacial score (nSPS) is 11.0. The highest BCUT2D eigenvalue weighted by Crippen LogP contribution is 2.31. The van der Waals surface area contributed by atoms with Crippen LogP contribution in [0.15, 0.2) is 54.6 Å². The van der Waals surface area contributed by atoms with Crippen molar-refractivity contribution in [2.45, 2.75) is 13.8 Å². The number of nitrogens with one attached hydrogen (secondary N) is 1. The molecule has 0 radical (unpaired) electrons. The fourth-order valence-electron chi connectivity index (χ4n) is 2.82. The Labute approximate surface area is 153 Å². The van der Waals surface area contributed by atoms with E-state index >= 15 is 0 Å². The van der Waals surface area contributed by atoms with E-state index < -0.39 is 5.82 Å². The van der Waals surface area contributed by atoms with Gasteiger partial charge in [-0.25, -0.2) is 9.07 Å². The van der Waals surface area contributed by atoms with Gasteiger partial charge < -0.3 is 5.32 Å². The zero-order chi connectivity index (χ0) is 18.3. The van der Waals surface area contributed by atoms with Crippen LogP contribution in [-0.4, -0.2) is 15.7 Å². The molecule has 26 heavy (non-hydrogen) atoms. The van der Waals surface area contributed by atoms with Crippen molar-refractivity contribution in [1.82, 2.24) is 9.78 Å². The lowest BCUT2D eigenvalue weighted by molar-refractivity contribution is 0.103. The molecule has 0 atom stereocenters. The third kappa shape index (κ3) is 2.88. The van der Waals surface area contributed by atoms with E-state index in [0.717, 1.165) is 27.2 Å². The van der Waals surface area contributed by atoms with E-state index in [1.54, 1.807) is 12.1 Å². The molecule has 4 rings (SSSR count). The molecule has 0 saturated heterocycles. The maximum Gasteiger partial charge on any atom is 0.265 e. The van der Waals surface area contributed by atoms with E-state index in [-0.39, 0.29) is 11.6 Å². The lowest BCUT2D eigenvalue weighted by atomic mass is 10.2. The molecule has 2 heterocycles. The van der Waals surface area contributed by atoms with Gasteiger partial charge in [0, 0.05) is 5.39 Å². The first kappa shape index (κ1) is 16.5. The number of hydrogen-bond acceptors (Lipinski definition) is 3. The molecule has 1 N–H and O–H groups in total. The number of benzene rings is 2. The third-order valence-corrected chi connectivity index (χ3v) is 5.25. The number of halogens is 1. The van der Waals surface area contributed by atoms with Gasteiger partial charge in [0.2, 0.25) is 0 Å². The number of hydrogen-bond donors (Lipinski definition) is 1. The van der Waals surface area contributed by atoms with Crippen molar-refractivity contribution in [3.8, 4) is 5.69 Å². The molecule has 0 aliphatic carbocycles. The van der Waals surface area contributed by atoms with Crippen molar-refractivity contribution in [2.75, 3.05) is 5.32 Å². The summed E-state index contributed by atoms with van der Waals surface area (Å²) in [7, 11) is 0. The Bertz CT molecular complexity index is 1120. The second-order valence-electron chi connectivity index (χ2n) is 6.10. The third-order valence-electron chi connectivity index (χ3n) is 4.14. The number of aryl methyl sites for hydroxylation is 2. The fourth-order valence-corrected chi connectivity index (χ4v) is 3.90. The van der Waals surface area contributed by atoms with Gasteiger partial charge in [-0.2, -0.15) is 5.10 Å². The Morgan fingerprint density at radius 3 is 2.65 bits per heavy atom.